The first-order chi connectivity index (χ1) is 9.08. The van der Waals surface area contributed by atoms with Gasteiger partial charge in [-0.25, -0.2) is 4.39 Å². The third kappa shape index (κ3) is 3.78. The first-order valence-corrected chi connectivity index (χ1v) is 7.17. The molecule has 0 aliphatic rings. The molecule has 100 valence electrons. The fourth-order valence-electron chi connectivity index (χ4n) is 1.82. The molecule has 0 aliphatic heterocycles. The molecule has 0 spiro atoms. The monoisotopic (exact) mass is 341 g/mol. The first-order valence-electron chi connectivity index (χ1n) is 5.99. The van der Waals surface area contributed by atoms with Gasteiger partial charge in [-0.2, -0.15) is 0 Å². The fourth-order valence-corrected chi connectivity index (χ4v) is 2.28. The van der Waals surface area contributed by atoms with Gasteiger partial charge < -0.3 is 5.32 Å². The second kappa shape index (κ2) is 6.51. The second-order valence-corrected chi connectivity index (χ2v) is 5.69. The van der Waals surface area contributed by atoms with Crippen LogP contribution in [0.5, 0.6) is 0 Å². The molecule has 0 saturated heterocycles. The largest absolute Gasteiger partial charge is 0.306 e. The van der Waals surface area contributed by atoms with Crippen molar-refractivity contribution in [2.45, 2.75) is 19.5 Å². The highest BCUT2D eigenvalue weighted by atomic mass is 79.9. The highest BCUT2D eigenvalue weighted by Crippen LogP contribution is 2.20. The third-order valence-corrected chi connectivity index (χ3v) is 3.82. The van der Waals surface area contributed by atoms with Crippen LogP contribution in [0.2, 0.25) is 5.02 Å². The minimum absolute atomic E-state index is 0.145. The molecule has 0 heterocycles. The Morgan fingerprint density at radius 1 is 1.21 bits per heavy atom. The van der Waals surface area contributed by atoms with Gasteiger partial charge >= 0.3 is 0 Å². The molecule has 2 rings (SSSR count). The number of rotatable bonds is 4. The normalized spacial score (nSPS) is 12.4. The van der Waals surface area contributed by atoms with Gasteiger partial charge in [-0.1, -0.05) is 51.8 Å². The molecule has 0 bridgehead atoms. The molecule has 0 saturated carbocycles. The molecule has 2 aromatic rings. The Balaban J connectivity index is 2.02. The molecule has 0 unspecified atom stereocenters. The van der Waals surface area contributed by atoms with Crippen LogP contribution in [0.15, 0.2) is 46.9 Å². The second-order valence-electron chi connectivity index (χ2n) is 4.37. The van der Waals surface area contributed by atoms with Crippen LogP contribution in [0.1, 0.15) is 24.1 Å². The molecule has 1 nitrogen and oxygen atoms in total. The lowest BCUT2D eigenvalue weighted by Gasteiger charge is -2.15. The zero-order chi connectivity index (χ0) is 13.8. The number of hydrogen-bond acceptors (Lipinski definition) is 1. The number of halogens is 3. The first kappa shape index (κ1) is 14.5. The van der Waals surface area contributed by atoms with Gasteiger partial charge in [0.15, 0.2) is 0 Å². The average molecular weight is 343 g/mol. The lowest BCUT2D eigenvalue weighted by Crippen LogP contribution is -2.18. The summed E-state index contributed by atoms with van der Waals surface area (Å²) in [7, 11) is 0. The van der Waals surface area contributed by atoms with Crippen molar-refractivity contribution in [1.29, 1.82) is 0 Å². The van der Waals surface area contributed by atoms with Gasteiger partial charge in [0.25, 0.3) is 0 Å². The molecule has 0 fully saturated rings. The molecule has 0 amide bonds. The summed E-state index contributed by atoms with van der Waals surface area (Å²) in [6, 6.07) is 13.3. The van der Waals surface area contributed by atoms with Gasteiger partial charge in [-0.15, -0.1) is 0 Å². The van der Waals surface area contributed by atoms with Crippen molar-refractivity contribution in [2.75, 3.05) is 0 Å². The van der Waals surface area contributed by atoms with Crippen LogP contribution in [-0.2, 0) is 6.54 Å². The summed E-state index contributed by atoms with van der Waals surface area (Å²) in [5.41, 5.74) is 1.74. The number of benzene rings is 2. The van der Waals surface area contributed by atoms with Crippen molar-refractivity contribution < 1.29 is 4.39 Å². The van der Waals surface area contributed by atoms with E-state index >= 15 is 0 Å². The molecule has 0 aliphatic carbocycles. The molecule has 1 N–H and O–H groups in total. The summed E-state index contributed by atoms with van der Waals surface area (Å²) in [4.78, 5) is 0. The van der Waals surface area contributed by atoms with Crippen molar-refractivity contribution in [3.63, 3.8) is 0 Å². The summed E-state index contributed by atoms with van der Waals surface area (Å²) < 4.78 is 14.8. The Hall–Kier alpha value is -0.900. The van der Waals surface area contributed by atoms with Crippen LogP contribution < -0.4 is 5.32 Å². The van der Waals surface area contributed by atoms with Gasteiger partial charge in [0.05, 0.1) is 5.02 Å². The number of hydrogen-bond donors (Lipinski definition) is 1. The zero-order valence-electron chi connectivity index (χ0n) is 10.5. The Bertz CT molecular complexity index is 557. The Kier molecular flexibility index (Phi) is 4.97. The molecule has 19 heavy (non-hydrogen) atoms. The Morgan fingerprint density at radius 3 is 2.58 bits per heavy atom. The third-order valence-electron chi connectivity index (χ3n) is 3.00. The van der Waals surface area contributed by atoms with E-state index in [0.29, 0.717) is 12.1 Å². The van der Waals surface area contributed by atoms with Crippen molar-refractivity contribution in [3.8, 4) is 0 Å². The Labute approximate surface area is 125 Å². The van der Waals surface area contributed by atoms with E-state index in [2.05, 4.69) is 21.2 Å². The van der Waals surface area contributed by atoms with Gasteiger partial charge in [-0.3, -0.25) is 0 Å². The van der Waals surface area contributed by atoms with Crippen molar-refractivity contribution in [3.05, 3.63) is 68.9 Å². The standard InChI is InChI=1S/C15H14BrClFN/c1-10(11-5-7-13(16)8-6-11)19-9-12-3-2-4-14(17)15(12)18/h2-8,10,19H,9H2,1H3/t10-/m0/s1. The van der Waals surface area contributed by atoms with Crippen molar-refractivity contribution in [1.82, 2.24) is 5.32 Å². The smallest absolute Gasteiger partial charge is 0.146 e. The van der Waals surface area contributed by atoms with Crippen molar-refractivity contribution in [2.24, 2.45) is 0 Å². The van der Waals surface area contributed by atoms with Gasteiger partial charge in [0.1, 0.15) is 5.82 Å². The van der Waals surface area contributed by atoms with Crippen LogP contribution in [-0.4, -0.2) is 0 Å². The average Bonchev–Trinajstić information content (AvgIpc) is 2.41. The van der Waals surface area contributed by atoms with Crippen LogP contribution in [0.3, 0.4) is 0 Å². The molecule has 0 radical (unpaired) electrons. The summed E-state index contributed by atoms with van der Waals surface area (Å²) in [6.45, 7) is 2.50. The van der Waals surface area contributed by atoms with Crippen molar-refractivity contribution >= 4 is 27.5 Å². The van der Waals surface area contributed by atoms with E-state index in [1.54, 1.807) is 18.2 Å². The minimum atomic E-state index is -0.348. The zero-order valence-corrected chi connectivity index (χ0v) is 12.8. The van der Waals surface area contributed by atoms with E-state index in [4.69, 9.17) is 11.6 Å². The predicted octanol–water partition coefficient (Wildman–Crippen LogP) is 5.09. The molecule has 1 atom stereocenters. The molecule has 2 aromatic carbocycles. The summed E-state index contributed by atoms with van der Waals surface area (Å²) in [5.74, 6) is -0.348. The van der Waals surface area contributed by atoms with E-state index in [-0.39, 0.29) is 16.9 Å². The van der Waals surface area contributed by atoms with E-state index < -0.39 is 0 Å². The minimum Gasteiger partial charge on any atom is -0.306 e. The SMILES string of the molecule is C[C@H](NCc1cccc(Cl)c1F)c1ccc(Br)cc1. The topological polar surface area (TPSA) is 12.0 Å². The molecule has 4 heteroatoms. The van der Waals surface area contributed by atoms with E-state index in [0.717, 1.165) is 10.0 Å². The number of nitrogens with one attached hydrogen (secondary N) is 1. The highest BCUT2D eigenvalue weighted by molar-refractivity contribution is 9.10. The predicted molar refractivity (Wildman–Crippen MR) is 80.8 cm³/mol. The quantitative estimate of drug-likeness (QED) is 0.816. The maximum atomic E-state index is 13.7. The highest BCUT2D eigenvalue weighted by Gasteiger charge is 2.09. The molecule has 0 aromatic heterocycles. The Morgan fingerprint density at radius 2 is 1.89 bits per heavy atom. The fraction of sp³-hybridized carbons (Fsp3) is 0.200. The van der Waals surface area contributed by atoms with Gasteiger partial charge in [0, 0.05) is 22.6 Å². The maximum Gasteiger partial charge on any atom is 0.146 e. The van der Waals surface area contributed by atoms with Crippen LogP contribution >= 0.6 is 27.5 Å². The summed E-state index contributed by atoms with van der Waals surface area (Å²) in [6.07, 6.45) is 0. The van der Waals surface area contributed by atoms with Gasteiger partial charge in [0.2, 0.25) is 0 Å². The van der Waals surface area contributed by atoms with E-state index in [1.165, 1.54) is 0 Å². The molecular formula is C15H14BrClFN. The summed E-state index contributed by atoms with van der Waals surface area (Å²) >= 11 is 9.16. The van der Waals surface area contributed by atoms with Crippen LogP contribution in [0, 0.1) is 5.82 Å². The lowest BCUT2D eigenvalue weighted by molar-refractivity contribution is 0.544. The van der Waals surface area contributed by atoms with Crippen LogP contribution in [0.25, 0.3) is 0 Å². The lowest BCUT2D eigenvalue weighted by atomic mass is 10.1. The summed E-state index contributed by atoms with van der Waals surface area (Å²) in [5, 5.41) is 3.45. The maximum absolute atomic E-state index is 13.7. The van der Waals surface area contributed by atoms with E-state index in [9.17, 15) is 4.39 Å². The molecular weight excluding hydrogens is 329 g/mol. The van der Waals surface area contributed by atoms with E-state index in [1.807, 2.05) is 31.2 Å². The van der Waals surface area contributed by atoms with Gasteiger partial charge in [-0.05, 0) is 30.7 Å². The van der Waals surface area contributed by atoms with Crippen LogP contribution in [0.4, 0.5) is 4.39 Å².